The smallest absolute Gasteiger partial charge is 0.0450 e. The molecule has 1 aliphatic rings. The number of hydrogen-bond donors (Lipinski definition) is 0. The Morgan fingerprint density at radius 3 is 2.70 bits per heavy atom. The van der Waals surface area contributed by atoms with Crippen LogP contribution in [-0.4, -0.2) is 28.6 Å². The predicted molar refractivity (Wildman–Crippen MR) is 48.4 cm³/mol. The number of nitrogens with zero attached hydrogens (tertiary/aromatic N) is 1. The summed E-state index contributed by atoms with van der Waals surface area (Å²) in [7, 11) is 0. The van der Waals surface area contributed by atoms with Crippen molar-refractivity contribution in [2.75, 3.05) is 11.6 Å². The maximum absolute atomic E-state index is 2.59. The molecule has 60 valence electrons. The first-order chi connectivity index (χ1) is 4.75. The van der Waals surface area contributed by atoms with Crippen LogP contribution in [0.4, 0.5) is 0 Å². The van der Waals surface area contributed by atoms with Gasteiger partial charge in [0.15, 0.2) is 0 Å². The summed E-state index contributed by atoms with van der Waals surface area (Å²) in [6.45, 7) is 6.86. The molecule has 1 aliphatic heterocycles. The number of hydrogen-bond acceptors (Lipinski definition) is 2. The van der Waals surface area contributed by atoms with Crippen LogP contribution in [0, 0.1) is 0 Å². The van der Waals surface area contributed by atoms with Gasteiger partial charge in [-0.15, -0.1) is 11.8 Å². The van der Waals surface area contributed by atoms with E-state index in [1.165, 1.54) is 18.1 Å². The molecule has 0 spiro atoms. The fourth-order valence-corrected chi connectivity index (χ4v) is 2.94. The van der Waals surface area contributed by atoms with Crippen LogP contribution < -0.4 is 0 Å². The van der Waals surface area contributed by atoms with Crippen LogP contribution in [-0.2, 0) is 0 Å². The highest BCUT2D eigenvalue weighted by atomic mass is 32.2. The van der Waals surface area contributed by atoms with Crippen LogP contribution in [0.2, 0.25) is 0 Å². The van der Waals surface area contributed by atoms with Crippen molar-refractivity contribution in [2.24, 2.45) is 0 Å². The van der Waals surface area contributed by atoms with Crippen LogP contribution in [0.25, 0.3) is 0 Å². The lowest BCUT2D eigenvalue weighted by molar-refractivity contribution is 0.210. The average Bonchev–Trinajstić information content (AvgIpc) is 2.33. The zero-order chi connectivity index (χ0) is 7.56. The van der Waals surface area contributed by atoms with Gasteiger partial charge in [0.05, 0.1) is 0 Å². The maximum atomic E-state index is 2.59. The van der Waals surface area contributed by atoms with E-state index in [1.807, 2.05) is 0 Å². The van der Waals surface area contributed by atoms with Crippen molar-refractivity contribution in [1.82, 2.24) is 4.90 Å². The van der Waals surface area contributed by atoms with E-state index in [4.69, 9.17) is 0 Å². The standard InChI is InChI=1S/C8H17NS/c1-4-8-5-10-6-9(8)7(2)3/h7-8H,4-6H2,1-3H3. The highest BCUT2D eigenvalue weighted by Gasteiger charge is 2.24. The second-order valence-electron chi connectivity index (χ2n) is 3.17. The van der Waals surface area contributed by atoms with Crippen molar-refractivity contribution in [3.8, 4) is 0 Å². The summed E-state index contributed by atoms with van der Waals surface area (Å²) in [5.74, 6) is 2.59. The predicted octanol–water partition coefficient (Wildman–Crippen LogP) is 2.18. The Morgan fingerprint density at radius 2 is 2.30 bits per heavy atom. The molecule has 0 aromatic rings. The maximum Gasteiger partial charge on any atom is 0.0450 e. The second-order valence-corrected chi connectivity index (χ2v) is 4.17. The Hall–Kier alpha value is 0.310. The first-order valence-corrected chi connectivity index (χ1v) is 5.24. The number of rotatable bonds is 2. The van der Waals surface area contributed by atoms with E-state index in [2.05, 4.69) is 37.4 Å². The molecule has 0 bridgehead atoms. The minimum Gasteiger partial charge on any atom is -0.288 e. The summed E-state index contributed by atoms with van der Waals surface area (Å²) in [6.07, 6.45) is 1.31. The normalized spacial score (nSPS) is 28.2. The van der Waals surface area contributed by atoms with Gasteiger partial charge in [-0.2, -0.15) is 0 Å². The molecule has 1 atom stereocenters. The van der Waals surface area contributed by atoms with E-state index < -0.39 is 0 Å². The average molecular weight is 159 g/mol. The largest absolute Gasteiger partial charge is 0.288 e. The van der Waals surface area contributed by atoms with Gasteiger partial charge in [-0.3, -0.25) is 4.90 Å². The summed E-state index contributed by atoms with van der Waals surface area (Å²) in [5, 5.41) is 0. The third-order valence-corrected chi connectivity index (χ3v) is 3.26. The van der Waals surface area contributed by atoms with Gasteiger partial charge in [-0.1, -0.05) is 6.92 Å². The Morgan fingerprint density at radius 1 is 1.60 bits per heavy atom. The van der Waals surface area contributed by atoms with Crippen LogP contribution in [0.15, 0.2) is 0 Å². The van der Waals surface area contributed by atoms with Crippen molar-refractivity contribution in [2.45, 2.75) is 39.3 Å². The highest BCUT2D eigenvalue weighted by Crippen LogP contribution is 2.24. The molecule has 0 aliphatic carbocycles. The molecule has 1 heterocycles. The van der Waals surface area contributed by atoms with E-state index >= 15 is 0 Å². The molecule has 1 saturated heterocycles. The van der Waals surface area contributed by atoms with Gasteiger partial charge in [-0.25, -0.2) is 0 Å². The molecular formula is C8H17NS. The monoisotopic (exact) mass is 159 g/mol. The molecule has 0 N–H and O–H groups in total. The molecule has 0 aromatic heterocycles. The topological polar surface area (TPSA) is 3.24 Å². The van der Waals surface area contributed by atoms with Gasteiger partial charge < -0.3 is 0 Å². The molecule has 1 nitrogen and oxygen atoms in total. The zero-order valence-electron chi connectivity index (χ0n) is 7.13. The number of thioether (sulfide) groups is 1. The third kappa shape index (κ3) is 1.67. The first kappa shape index (κ1) is 8.41. The van der Waals surface area contributed by atoms with E-state index in [0.29, 0.717) is 0 Å². The molecule has 1 fully saturated rings. The lowest BCUT2D eigenvalue weighted by Gasteiger charge is -2.26. The molecule has 2 heteroatoms. The Labute approximate surface area is 68.2 Å². The minimum absolute atomic E-state index is 0.736. The molecule has 0 amide bonds. The molecule has 1 unspecified atom stereocenters. The van der Waals surface area contributed by atoms with Gasteiger partial charge in [0.25, 0.3) is 0 Å². The first-order valence-electron chi connectivity index (χ1n) is 4.09. The van der Waals surface area contributed by atoms with Crippen LogP contribution in [0.5, 0.6) is 0 Å². The van der Waals surface area contributed by atoms with Crippen molar-refractivity contribution in [3.05, 3.63) is 0 Å². The summed E-state index contributed by atoms with van der Waals surface area (Å²) in [6, 6.07) is 1.59. The highest BCUT2D eigenvalue weighted by molar-refractivity contribution is 7.99. The van der Waals surface area contributed by atoms with E-state index in [9.17, 15) is 0 Å². The van der Waals surface area contributed by atoms with E-state index in [1.54, 1.807) is 0 Å². The van der Waals surface area contributed by atoms with E-state index in [0.717, 1.165) is 12.1 Å². The quantitative estimate of drug-likeness (QED) is 0.607. The van der Waals surface area contributed by atoms with E-state index in [-0.39, 0.29) is 0 Å². The molecule has 0 aromatic carbocycles. The van der Waals surface area contributed by atoms with Crippen LogP contribution in [0.3, 0.4) is 0 Å². The van der Waals surface area contributed by atoms with Gasteiger partial charge in [-0.05, 0) is 20.3 Å². The lowest BCUT2D eigenvalue weighted by Crippen LogP contribution is -2.35. The lowest BCUT2D eigenvalue weighted by atomic mass is 10.2. The Bertz CT molecular complexity index is 103. The van der Waals surface area contributed by atoms with Crippen molar-refractivity contribution in [3.63, 3.8) is 0 Å². The van der Waals surface area contributed by atoms with Gasteiger partial charge in [0.2, 0.25) is 0 Å². The van der Waals surface area contributed by atoms with Crippen molar-refractivity contribution >= 4 is 11.8 Å². The van der Waals surface area contributed by atoms with Crippen LogP contribution >= 0.6 is 11.8 Å². The van der Waals surface area contributed by atoms with Gasteiger partial charge >= 0.3 is 0 Å². The van der Waals surface area contributed by atoms with Crippen LogP contribution in [0.1, 0.15) is 27.2 Å². The van der Waals surface area contributed by atoms with Gasteiger partial charge in [0, 0.05) is 23.7 Å². The minimum atomic E-state index is 0.736. The van der Waals surface area contributed by atoms with Crippen molar-refractivity contribution < 1.29 is 0 Å². The molecule has 1 rings (SSSR count). The summed E-state index contributed by atoms with van der Waals surface area (Å²) < 4.78 is 0. The van der Waals surface area contributed by atoms with Gasteiger partial charge in [0.1, 0.15) is 0 Å². The Balaban J connectivity index is 2.42. The summed E-state index contributed by atoms with van der Waals surface area (Å²) >= 11 is 2.07. The fraction of sp³-hybridized carbons (Fsp3) is 1.00. The molecule has 10 heavy (non-hydrogen) atoms. The molecule has 0 radical (unpaired) electrons. The second kappa shape index (κ2) is 3.63. The molecule has 0 saturated carbocycles. The fourth-order valence-electron chi connectivity index (χ4n) is 1.42. The van der Waals surface area contributed by atoms with Crippen molar-refractivity contribution in [1.29, 1.82) is 0 Å². The SMILES string of the molecule is CCC1CSCN1C(C)C. The Kier molecular flexibility index (Phi) is 3.05. The third-order valence-electron chi connectivity index (χ3n) is 2.15. The summed E-state index contributed by atoms with van der Waals surface area (Å²) in [4.78, 5) is 2.59. The molecular weight excluding hydrogens is 142 g/mol. The summed E-state index contributed by atoms with van der Waals surface area (Å²) in [5.41, 5.74) is 0. The zero-order valence-corrected chi connectivity index (χ0v) is 7.95.